The molecule has 0 saturated carbocycles. The second-order valence-corrected chi connectivity index (χ2v) is 15.8. The number of ether oxygens (including phenoxy) is 1. The first-order chi connectivity index (χ1) is 27.2. The average molecular weight is 762 g/mol. The van der Waals surface area contributed by atoms with E-state index in [1.807, 2.05) is 30.3 Å². The first-order valence-corrected chi connectivity index (χ1v) is 19.7. The summed E-state index contributed by atoms with van der Waals surface area (Å²) in [6.07, 6.45) is 2.55. The first-order valence-electron chi connectivity index (χ1n) is 19.7. The van der Waals surface area contributed by atoms with E-state index in [-0.39, 0.29) is 47.5 Å². The summed E-state index contributed by atoms with van der Waals surface area (Å²) >= 11 is 0. The van der Waals surface area contributed by atoms with Gasteiger partial charge in [-0.1, -0.05) is 24.3 Å². The van der Waals surface area contributed by atoms with E-state index in [1.54, 1.807) is 35.2 Å². The van der Waals surface area contributed by atoms with E-state index in [0.29, 0.717) is 42.5 Å². The van der Waals surface area contributed by atoms with E-state index in [2.05, 4.69) is 26.1 Å². The zero-order valence-corrected chi connectivity index (χ0v) is 31.1. The number of carbonyl (C=O) groups is 3. The molecular weight excluding hydrogens is 717 g/mol. The van der Waals surface area contributed by atoms with E-state index >= 15 is 4.39 Å². The molecule has 3 atom stereocenters. The minimum absolute atomic E-state index is 0.104. The van der Waals surface area contributed by atoms with Crippen LogP contribution >= 0.6 is 0 Å². The molecule has 0 aromatic heterocycles. The third-order valence-corrected chi connectivity index (χ3v) is 12.5. The van der Waals surface area contributed by atoms with Gasteiger partial charge in [-0.15, -0.1) is 0 Å². The summed E-state index contributed by atoms with van der Waals surface area (Å²) in [7, 11) is 0. The Balaban J connectivity index is 0.798. The fourth-order valence-electron chi connectivity index (χ4n) is 9.45. The monoisotopic (exact) mass is 761 g/mol. The van der Waals surface area contributed by atoms with Crippen LogP contribution in [0.2, 0.25) is 0 Å². The zero-order chi connectivity index (χ0) is 38.5. The molecule has 0 unspecified atom stereocenters. The van der Waals surface area contributed by atoms with Crippen molar-refractivity contribution in [1.29, 1.82) is 0 Å². The summed E-state index contributed by atoms with van der Waals surface area (Å²) in [5.41, 5.74) is 5.81. The lowest BCUT2D eigenvalue weighted by Gasteiger charge is -2.40. The van der Waals surface area contributed by atoms with Gasteiger partial charge < -0.3 is 24.5 Å². The van der Waals surface area contributed by atoms with Crippen LogP contribution in [0.25, 0.3) is 0 Å². The molecule has 3 amide bonds. The normalized spacial score (nSPS) is 23.1. The molecule has 5 aliphatic heterocycles. The Morgan fingerprint density at radius 1 is 0.786 bits per heavy atom. The number of nitrogens with one attached hydrogen (secondary N) is 1. The maximum Gasteiger partial charge on any atom is 0.255 e. The molecule has 4 aromatic rings. The van der Waals surface area contributed by atoms with Crippen LogP contribution < -0.4 is 19.9 Å². The lowest BCUT2D eigenvalue weighted by molar-refractivity contribution is -0.136. The molecule has 0 aliphatic carbocycles. The summed E-state index contributed by atoms with van der Waals surface area (Å²) in [5, 5.41) is 12.5. The Kier molecular flexibility index (Phi) is 9.60. The van der Waals surface area contributed by atoms with Gasteiger partial charge in [-0.3, -0.25) is 24.6 Å². The molecule has 0 bridgehead atoms. The molecule has 9 rings (SSSR count). The fourth-order valence-corrected chi connectivity index (χ4v) is 9.45. The van der Waals surface area contributed by atoms with Crippen LogP contribution in [0.3, 0.4) is 0 Å². The number of phenolic OH excluding ortho intramolecular Hbond substituents is 1. The Bertz CT molecular complexity index is 2170. The van der Waals surface area contributed by atoms with Crippen molar-refractivity contribution in [2.45, 2.75) is 50.1 Å². The van der Waals surface area contributed by atoms with Gasteiger partial charge in [0.25, 0.3) is 5.91 Å². The standard InChI is InChI=1S/C44H45F2N5O5/c45-31-4-1-28(2-5-31)36-26-56-40-23-33(52)7-9-35(40)42(36)29-3-10-38(37(46)22-29)50-15-13-27(14-16-50)24-48-17-19-49(20-18-48)32-6-8-34-30(21-32)25-51(44(34)55)39-11-12-41(53)47-43(39)54/h1-10,21-23,27,36,39,42,52H,11-20,24-26H2,(H,47,53,54)/t36-,39-,42-/m0/s1. The van der Waals surface area contributed by atoms with Crippen molar-refractivity contribution < 1.29 is 33.0 Å². The molecule has 5 heterocycles. The molecule has 0 spiro atoms. The molecule has 0 radical (unpaired) electrons. The van der Waals surface area contributed by atoms with Crippen molar-refractivity contribution >= 4 is 29.1 Å². The van der Waals surface area contributed by atoms with Crippen LogP contribution in [0, 0.1) is 17.6 Å². The quantitative estimate of drug-likeness (QED) is 0.229. The molecule has 5 aliphatic rings. The summed E-state index contributed by atoms with van der Waals surface area (Å²) in [6.45, 7) is 6.88. The number of fused-ring (bicyclic) bond motifs is 2. The number of benzene rings is 4. The predicted octanol–water partition coefficient (Wildman–Crippen LogP) is 5.78. The smallest absolute Gasteiger partial charge is 0.255 e. The highest BCUT2D eigenvalue weighted by Gasteiger charge is 2.40. The summed E-state index contributed by atoms with van der Waals surface area (Å²) < 4.78 is 35.9. The predicted molar refractivity (Wildman–Crippen MR) is 207 cm³/mol. The van der Waals surface area contributed by atoms with Gasteiger partial charge in [0.15, 0.2) is 0 Å². The largest absolute Gasteiger partial charge is 0.508 e. The Hall–Kier alpha value is -5.49. The van der Waals surface area contributed by atoms with Crippen LogP contribution in [0.1, 0.15) is 70.1 Å². The maximum atomic E-state index is 16.1. The van der Waals surface area contributed by atoms with Crippen molar-refractivity contribution in [2.24, 2.45) is 5.92 Å². The van der Waals surface area contributed by atoms with E-state index in [4.69, 9.17) is 4.74 Å². The fraction of sp³-hybridized carbons (Fsp3) is 0.386. The molecule has 3 fully saturated rings. The van der Waals surface area contributed by atoms with Crippen LogP contribution in [0.15, 0.2) is 78.9 Å². The highest BCUT2D eigenvalue weighted by molar-refractivity contribution is 6.05. The number of imide groups is 1. The molecular formula is C44H45F2N5O5. The van der Waals surface area contributed by atoms with Crippen molar-refractivity contribution in [3.05, 3.63) is 118 Å². The molecule has 4 aromatic carbocycles. The van der Waals surface area contributed by atoms with Crippen molar-refractivity contribution in [2.75, 3.05) is 62.2 Å². The maximum absolute atomic E-state index is 16.1. The minimum Gasteiger partial charge on any atom is -0.508 e. The highest BCUT2D eigenvalue weighted by Crippen LogP contribution is 2.47. The van der Waals surface area contributed by atoms with Gasteiger partial charge in [-0.05, 0) is 90.4 Å². The third kappa shape index (κ3) is 6.95. The minimum atomic E-state index is -0.618. The van der Waals surface area contributed by atoms with Gasteiger partial charge in [0.1, 0.15) is 29.2 Å². The second-order valence-electron chi connectivity index (χ2n) is 15.8. The summed E-state index contributed by atoms with van der Waals surface area (Å²) in [4.78, 5) is 45.8. The van der Waals surface area contributed by atoms with E-state index in [1.165, 1.54) is 12.1 Å². The second kappa shape index (κ2) is 14.9. The van der Waals surface area contributed by atoms with E-state index < -0.39 is 11.9 Å². The number of aromatic hydroxyl groups is 1. The topological polar surface area (TPSA) is 106 Å². The van der Waals surface area contributed by atoms with Gasteiger partial charge in [-0.25, -0.2) is 8.78 Å². The Labute approximate surface area is 324 Å². The Morgan fingerprint density at radius 3 is 2.30 bits per heavy atom. The number of piperidine rings is 2. The average Bonchev–Trinajstić information content (AvgIpc) is 3.53. The number of nitrogens with zero attached hydrogens (tertiary/aromatic N) is 4. The van der Waals surface area contributed by atoms with E-state index in [0.717, 1.165) is 86.6 Å². The lowest BCUT2D eigenvalue weighted by Crippen LogP contribution is -2.52. The number of hydrogen-bond acceptors (Lipinski definition) is 8. The van der Waals surface area contributed by atoms with E-state index in [9.17, 15) is 23.9 Å². The highest BCUT2D eigenvalue weighted by atomic mass is 19.1. The summed E-state index contributed by atoms with van der Waals surface area (Å²) in [5.74, 6) is -0.616. The number of anilines is 2. The van der Waals surface area contributed by atoms with Crippen LogP contribution in [0.5, 0.6) is 11.5 Å². The van der Waals surface area contributed by atoms with Crippen molar-refractivity contribution in [3.63, 3.8) is 0 Å². The van der Waals surface area contributed by atoms with Gasteiger partial charge in [0.05, 0.1) is 12.3 Å². The molecule has 3 saturated heterocycles. The zero-order valence-electron chi connectivity index (χ0n) is 31.1. The lowest BCUT2D eigenvalue weighted by atomic mass is 9.75. The number of phenols is 1. The third-order valence-electron chi connectivity index (χ3n) is 12.5. The number of halogens is 2. The molecule has 56 heavy (non-hydrogen) atoms. The van der Waals surface area contributed by atoms with Crippen LogP contribution in [-0.2, 0) is 16.1 Å². The number of amides is 3. The van der Waals surface area contributed by atoms with Gasteiger partial charge >= 0.3 is 0 Å². The number of hydrogen-bond donors (Lipinski definition) is 2. The molecule has 12 heteroatoms. The molecule has 2 N–H and O–H groups in total. The summed E-state index contributed by atoms with van der Waals surface area (Å²) in [6, 6.07) is 22.3. The Morgan fingerprint density at radius 2 is 1.55 bits per heavy atom. The van der Waals surface area contributed by atoms with Gasteiger partial charge in [0, 0.05) is 93.5 Å². The van der Waals surface area contributed by atoms with Crippen LogP contribution in [-0.4, -0.2) is 91.1 Å². The van der Waals surface area contributed by atoms with Gasteiger partial charge in [-0.2, -0.15) is 0 Å². The first kappa shape index (κ1) is 36.2. The van der Waals surface area contributed by atoms with Crippen LogP contribution in [0.4, 0.5) is 20.2 Å². The SMILES string of the molecule is O=C1CC[C@H](N2Cc3cc(N4CCN(CC5CCN(c6ccc([C@H]7c8ccc(O)cc8OC[C@H]7c7ccc(F)cc7)cc6F)CC5)CC4)ccc3C2=O)C(=O)N1. The number of carbonyl (C=O) groups excluding carboxylic acids is 3. The number of rotatable bonds is 7. The molecule has 290 valence electrons. The number of piperazine rings is 1. The van der Waals surface area contributed by atoms with Gasteiger partial charge in [0.2, 0.25) is 11.8 Å². The molecule has 10 nitrogen and oxygen atoms in total. The van der Waals surface area contributed by atoms with Crippen molar-refractivity contribution in [1.82, 2.24) is 15.1 Å². The van der Waals surface area contributed by atoms with Crippen molar-refractivity contribution in [3.8, 4) is 11.5 Å².